The molecule has 0 aliphatic carbocycles. The molecule has 2 aromatic heterocycles. The summed E-state index contributed by atoms with van der Waals surface area (Å²) in [5.74, 6) is 1.00. The fourth-order valence-electron chi connectivity index (χ4n) is 3.55. The average molecular weight is 318 g/mol. The summed E-state index contributed by atoms with van der Waals surface area (Å²) in [6.45, 7) is 6.24. The second-order valence-corrected chi connectivity index (χ2v) is 7.17. The monoisotopic (exact) mass is 318 g/mol. The van der Waals surface area contributed by atoms with Gasteiger partial charge in [-0.05, 0) is 37.1 Å². The number of nitrogens with zero attached hydrogens (tertiary/aromatic N) is 3. The van der Waals surface area contributed by atoms with E-state index in [1.807, 2.05) is 0 Å². The molecule has 2 saturated heterocycles. The van der Waals surface area contributed by atoms with Crippen molar-refractivity contribution in [2.24, 2.45) is 0 Å². The molecule has 6 heteroatoms. The summed E-state index contributed by atoms with van der Waals surface area (Å²) in [5, 5.41) is 5.81. The van der Waals surface area contributed by atoms with Crippen LogP contribution in [0.1, 0.15) is 24.8 Å². The molecule has 118 valence electrons. The molecule has 4 heterocycles. The average Bonchev–Trinajstić information content (AvgIpc) is 3.17. The van der Waals surface area contributed by atoms with E-state index in [0.29, 0.717) is 12.1 Å². The minimum Gasteiger partial charge on any atom is -0.381 e. The van der Waals surface area contributed by atoms with Crippen LogP contribution in [0.25, 0.3) is 10.2 Å². The van der Waals surface area contributed by atoms with Crippen LogP contribution in [0, 0.1) is 6.92 Å². The van der Waals surface area contributed by atoms with Crippen LogP contribution in [-0.2, 0) is 4.74 Å². The Hall–Kier alpha value is -1.24. The number of thiophene rings is 1. The highest BCUT2D eigenvalue weighted by Gasteiger charge is 2.29. The number of aryl methyl sites for hydroxylation is 1. The third-order valence-electron chi connectivity index (χ3n) is 4.80. The molecule has 5 nitrogen and oxygen atoms in total. The van der Waals surface area contributed by atoms with E-state index < -0.39 is 0 Å². The number of likely N-dealkylation sites (tertiary alicyclic amines) is 1. The zero-order valence-corrected chi connectivity index (χ0v) is 13.7. The third kappa shape index (κ3) is 2.71. The molecule has 2 aliphatic rings. The summed E-state index contributed by atoms with van der Waals surface area (Å²) in [4.78, 5) is 11.5. The first-order valence-corrected chi connectivity index (χ1v) is 8.96. The molecular weight excluding hydrogens is 296 g/mol. The van der Waals surface area contributed by atoms with Crippen molar-refractivity contribution in [1.82, 2.24) is 14.9 Å². The maximum absolute atomic E-state index is 5.47. The van der Waals surface area contributed by atoms with Gasteiger partial charge in [-0.2, -0.15) is 0 Å². The predicted molar refractivity (Wildman–Crippen MR) is 89.6 cm³/mol. The minimum absolute atomic E-state index is 0.489. The number of hydrogen-bond donors (Lipinski definition) is 1. The van der Waals surface area contributed by atoms with Crippen LogP contribution in [0.15, 0.2) is 11.7 Å². The molecule has 1 N–H and O–H groups in total. The Labute approximate surface area is 134 Å². The number of ether oxygens (including phenoxy) is 1. The first-order valence-electron chi connectivity index (χ1n) is 8.08. The van der Waals surface area contributed by atoms with Crippen molar-refractivity contribution in [3.8, 4) is 0 Å². The van der Waals surface area contributed by atoms with E-state index >= 15 is 0 Å². The largest absolute Gasteiger partial charge is 0.381 e. The predicted octanol–water partition coefficient (Wildman–Crippen LogP) is 2.66. The van der Waals surface area contributed by atoms with Crippen molar-refractivity contribution < 1.29 is 4.74 Å². The van der Waals surface area contributed by atoms with E-state index in [-0.39, 0.29) is 0 Å². The lowest BCUT2D eigenvalue weighted by molar-refractivity contribution is 0.0421. The molecule has 0 spiro atoms. The zero-order valence-electron chi connectivity index (χ0n) is 12.9. The Bertz CT molecular complexity index is 653. The third-order valence-corrected chi connectivity index (χ3v) is 5.89. The zero-order chi connectivity index (χ0) is 14.9. The summed E-state index contributed by atoms with van der Waals surface area (Å²) < 4.78 is 6.66. The van der Waals surface area contributed by atoms with Crippen molar-refractivity contribution in [3.63, 3.8) is 0 Å². The molecule has 2 fully saturated rings. The van der Waals surface area contributed by atoms with Crippen LogP contribution < -0.4 is 5.32 Å². The Morgan fingerprint density at radius 2 is 2.14 bits per heavy atom. The fraction of sp³-hybridized carbons (Fsp3) is 0.625. The Morgan fingerprint density at radius 3 is 3.00 bits per heavy atom. The maximum Gasteiger partial charge on any atom is 0.147 e. The quantitative estimate of drug-likeness (QED) is 0.943. The molecule has 0 radical (unpaired) electrons. The SMILES string of the molecule is Cc1csc2c(NC3CCN(C4CCOCC4)C3)ncnc12. The topological polar surface area (TPSA) is 50.3 Å². The smallest absolute Gasteiger partial charge is 0.147 e. The first kappa shape index (κ1) is 14.4. The molecule has 1 unspecified atom stereocenters. The molecule has 0 bridgehead atoms. The first-order chi connectivity index (χ1) is 10.8. The molecule has 0 aromatic carbocycles. The molecular formula is C16H22N4OS. The summed E-state index contributed by atoms with van der Waals surface area (Å²) in [6.07, 6.45) is 5.21. The summed E-state index contributed by atoms with van der Waals surface area (Å²) in [5.41, 5.74) is 2.32. The summed E-state index contributed by atoms with van der Waals surface area (Å²) in [6, 6.07) is 1.19. The Morgan fingerprint density at radius 1 is 1.27 bits per heavy atom. The number of anilines is 1. The van der Waals surface area contributed by atoms with Crippen LogP contribution in [0.5, 0.6) is 0 Å². The van der Waals surface area contributed by atoms with E-state index in [1.54, 1.807) is 17.7 Å². The molecule has 22 heavy (non-hydrogen) atoms. The highest BCUT2D eigenvalue weighted by Crippen LogP contribution is 2.30. The van der Waals surface area contributed by atoms with E-state index in [2.05, 4.69) is 32.5 Å². The van der Waals surface area contributed by atoms with Gasteiger partial charge in [0.15, 0.2) is 0 Å². The number of nitrogens with one attached hydrogen (secondary N) is 1. The highest BCUT2D eigenvalue weighted by atomic mass is 32.1. The van der Waals surface area contributed by atoms with E-state index in [4.69, 9.17) is 4.74 Å². The number of aromatic nitrogens is 2. The van der Waals surface area contributed by atoms with E-state index in [9.17, 15) is 0 Å². The van der Waals surface area contributed by atoms with Crippen LogP contribution >= 0.6 is 11.3 Å². The maximum atomic E-state index is 5.47. The molecule has 2 aliphatic heterocycles. The van der Waals surface area contributed by atoms with E-state index in [0.717, 1.165) is 31.1 Å². The van der Waals surface area contributed by atoms with Gasteiger partial charge in [0.25, 0.3) is 0 Å². The number of fused-ring (bicyclic) bond motifs is 1. The van der Waals surface area contributed by atoms with Crippen molar-refractivity contribution in [2.45, 2.75) is 38.3 Å². The van der Waals surface area contributed by atoms with Crippen molar-refractivity contribution in [3.05, 3.63) is 17.3 Å². The molecule has 1 atom stereocenters. The van der Waals surface area contributed by atoms with Crippen LogP contribution in [0.2, 0.25) is 0 Å². The van der Waals surface area contributed by atoms with Gasteiger partial charge in [0, 0.05) is 38.4 Å². The molecule has 0 saturated carbocycles. The van der Waals surface area contributed by atoms with E-state index in [1.165, 1.54) is 36.1 Å². The van der Waals surface area contributed by atoms with Gasteiger partial charge in [-0.25, -0.2) is 9.97 Å². The second kappa shape index (κ2) is 6.10. The lowest BCUT2D eigenvalue weighted by Crippen LogP contribution is -2.39. The van der Waals surface area contributed by atoms with Gasteiger partial charge >= 0.3 is 0 Å². The van der Waals surface area contributed by atoms with Crippen molar-refractivity contribution in [1.29, 1.82) is 0 Å². The van der Waals surface area contributed by atoms with Crippen molar-refractivity contribution >= 4 is 27.4 Å². The minimum atomic E-state index is 0.489. The van der Waals surface area contributed by atoms with Gasteiger partial charge in [0.1, 0.15) is 12.1 Å². The Balaban J connectivity index is 1.45. The van der Waals surface area contributed by atoms with Gasteiger partial charge in [0.2, 0.25) is 0 Å². The number of rotatable bonds is 3. The molecule has 0 amide bonds. The lowest BCUT2D eigenvalue weighted by atomic mass is 10.1. The highest BCUT2D eigenvalue weighted by molar-refractivity contribution is 7.18. The van der Waals surface area contributed by atoms with Gasteiger partial charge in [-0.3, -0.25) is 4.90 Å². The normalized spacial score (nSPS) is 24.1. The standard InChI is InChI=1S/C16H22N4OS/c1-11-9-22-15-14(11)17-10-18-16(15)19-12-2-5-20(8-12)13-3-6-21-7-4-13/h9-10,12-13H,2-8H2,1H3,(H,17,18,19). The second-order valence-electron chi connectivity index (χ2n) is 6.29. The van der Waals surface area contributed by atoms with Gasteiger partial charge in [0.05, 0.1) is 10.2 Å². The Kier molecular flexibility index (Phi) is 3.98. The molecule has 4 rings (SSSR count). The van der Waals surface area contributed by atoms with Gasteiger partial charge < -0.3 is 10.1 Å². The summed E-state index contributed by atoms with van der Waals surface area (Å²) in [7, 11) is 0. The number of hydrogen-bond acceptors (Lipinski definition) is 6. The van der Waals surface area contributed by atoms with Crippen LogP contribution in [0.4, 0.5) is 5.82 Å². The van der Waals surface area contributed by atoms with Crippen molar-refractivity contribution in [2.75, 3.05) is 31.6 Å². The van der Waals surface area contributed by atoms with Gasteiger partial charge in [-0.15, -0.1) is 11.3 Å². The molecule has 2 aromatic rings. The fourth-order valence-corrected chi connectivity index (χ4v) is 4.51. The van der Waals surface area contributed by atoms with Crippen LogP contribution in [-0.4, -0.2) is 53.3 Å². The van der Waals surface area contributed by atoms with Crippen LogP contribution in [0.3, 0.4) is 0 Å². The lowest BCUT2D eigenvalue weighted by Gasteiger charge is -2.31. The van der Waals surface area contributed by atoms with Gasteiger partial charge in [-0.1, -0.05) is 0 Å². The summed E-state index contributed by atoms with van der Waals surface area (Å²) >= 11 is 1.74.